The summed E-state index contributed by atoms with van der Waals surface area (Å²) in [6.07, 6.45) is 1.74. The fourth-order valence-corrected chi connectivity index (χ4v) is 4.48. The molecule has 1 heterocycles. The second-order valence-corrected chi connectivity index (χ2v) is 7.35. The number of carbonyl (C=O) groups excluding carboxylic acids is 2. The molecular formula is C18H20N3O6+. The van der Waals surface area contributed by atoms with E-state index in [1.54, 1.807) is 0 Å². The van der Waals surface area contributed by atoms with Crippen LogP contribution in [0.5, 0.6) is 0 Å². The van der Waals surface area contributed by atoms with E-state index in [4.69, 9.17) is 0 Å². The molecule has 1 fully saturated rings. The van der Waals surface area contributed by atoms with Gasteiger partial charge in [0.15, 0.2) is 13.1 Å². The minimum Gasteiger partial charge on any atom is -0.319 e. The molecule has 27 heavy (non-hydrogen) atoms. The number of ketones is 2. The van der Waals surface area contributed by atoms with E-state index in [2.05, 4.69) is 0 Å². The van der Waals surface area contributed by atoms with E-state index < -0.39 is 38.4 Å². The first-order valence-corrected chi connectivity index (χ1v) is 8.62. The number of carbonyl (C=O) groups is 2. The maximum absolute atomic E-state index is 12.6. The number of Topliss-reactive ketones (excluding diaryl/α,β-unsaturated/α-hetero) is 1. The molecule has 1 N–H and O–H groups in total. The van der Waals surface area contributed by atoms with Gasteiger partial charge in [0.05, 0.1) is 0 Å². The van der Waals surface area contributed by atoms with Gasteiger partial charge in [0.25, 0.3) is 5.54 Å². The molecule has 142 valence electrons. The standard InChI is InChI=1S/C18H19N3O6/c1-13(22)9-15-17(20(24)25)8-7-16(23)18(15,21(26)27)12-19(11-17)10-14-5-3-2-4-6-14/h2-8,15H,9-12H2,1H3/p+1/t15-,17-,18-/m1/s1. The lowest BCUT2D eigenvalue weighted by atomic mass is 9.61. The number of piperidine rings is 1. The highest BCUT2D eigenvalue weighted by molar-refractivity contribution is 5.99. The van der Waals surface area contributed by atoms with Gasteiger partial charge < -0.3 is 9.69 Å². The number of nitro groups is 2. The number of likely N-dealkylation sites (tertiary alicyclic amines) is 1. The first-order valence-electron chi connectivity index (χ1n) is 8.62. The van der Waals surface area contributed by atoms with Crippen LogP contribution in [0, 0.1) is 26.1 Å². The van der Waals surface area contributed by atoms with E-state index in [1.165, 1.54) is 6.92 Å². The Morgan fingerprint density at radius 2 is 1.85 bits per heavy atom. The minimum absolute atomic E-state index is 0.0216. The van der Waals surface area contributed by atoms with Crippen molar-refractivity contribution in [3.05, 3.63) is 68.3 Å². The molecule has 1 unspecified atom stereocenters. The van der Waals surface area contributed by atoms with Crippen LogP contribution in [0.2, 0.25) is 0 Å². The molecule has 0 radical (unpaired) electrons. The summed E-state index contributed by atoms with van der Waals surface area (Å²) in [4.78, 5) is 47.8. The predicted molar refractivity (Wildman–Crippen MR) is 93.2 cm³/mol. The summed E-state index contributed by atoms with van der Waals surface area (Å²) >= 11 is 0. The number of hydrogen-bond acceptors (Lipinski definition) is 6. The van der Waals surface area contributed by atoms with Gasteiger partial charge in [-0.05, 0) is 13.0 Å². The third-order valence-corrected chi connectivity index (χ3v) is 5.64. The van der Waals surface area contributed by atoms with E-state index >= 15 is 0 Å². The third-order valence-electron chi connectivity index (χ3n) is 5.64. The molecule has 9 nitrogen and oxygen atoms in total. The van der Waals surface area contributed by atoms with Crippen LogP contribution in [0.3, 0.4) is 0 Å². The van der Waals surface area contributed by atoms with Gasteiger partial charge in [-0.3, -0.25) is 25.0 Å². The molecule has 1 aromatic carbocycles. The Labute approximate surface area is 154 Å². The summed E-state index contributed by atoms with van der Waals surface area (Å²) in [7, 11) is 0. The second kappa shape index (κ2) is 6.66. The topological polar surface area (TPSA) is 125 Å². The molecular weight excluding hydrogens is 354 g/mol. The lowest BCUT2D eigenvalue weighted by Crippen LogP contribution is -3.18. The monoisotopic (exact) mass is 374 g/mol. The van der Waals surface area contributed by atoms with Crippen LogP contribution in [0.25, 0.3) is 0 Å². The van der Waals surface area contributed by atoms with Crippen molar-refractivity contribution in [2.24, 2.45) is 5.92 Å². The summed E-state index contributed by atoms with van der Waals surface area (Å²) in [6.45, 7) is 1.34. The van der Waals surface area contributed by atoms with Crippen LogP contribution < -0.4 is 4.90 Å². The van der Waals surface area contributed by atoms with Gasteiger partial charge in [0.2, 0.25) is 5.78 Å². The lowest BCUT2D eigenvalue weighted by Gasteiger charge is -2.45. The van der Waals surface area contributed by atoms with Crippen LogP contribution in [-0.4, -0.2) is 45.6 Å². The normalized spacial score (nSPS) is 32.1. The molecule has 0 amide bonds. The van der Waals surface area contributed by atoms with Crippen molar-refractivity contribution in [2.75, 3.05) is 13.1 Å². The molecule has 4 atom stereocenters. The lowest BCUT2D eigenvalue weighted by molar-refractivity contribution is -0.955. The molecule has 1 aromatic rings. The molecule has 1 aliphatic heterocycles. The van der Waals surface area contributed by atoms with E-state index in [1.807, 2.05) is 30.3 Å². The highest BCUT2D eigenvalue weighted by Gasteiger charge is 2.76. The first-order chi connectivity index (χ1) is 12.7. The van der Waals surface area contributed by atoms with Gasteiger partial charge in [0.1, 0.15) is 18.2 Å². The fraction of sp³-hybridized carbons (Fsp3) is 0.444. The number of hydrogen-bond donors (Lipinski definition) is 1. The molecule has 1 aliphatic carbocycles. The Morgan fingerprint density at radius 1 is 1.19 bits per heavy atom. The van der Waals surface area contributed by atoms with Crippen LogP contribution in [-0.2, 0) is 16.1 Å². The number of nitrogens with zero attached hydrogens (tertiary/aromatic N) is 2. The summed E-state index contributed by atoms with van der Waals surface area (Å²) in [5.74, 6) is -2.49. The summed E-state index contributed by atoms with van der Waals surface area (Å²) < 4.78 is 0. The highest BCUT2D eigenvalue weighted by atomic mass is 16.6. The van der Waals surface area contributed by atoms with E-state index in [0.717, 1.165) is 17.7 Å². The van der Waals surface area contributed by atoms with Gasteiger partial charge in [-0.15, -0.1) is 0 Å². The number of nitrogens with one attached hydrogen (secondary N) is 1. The van der Waals surface area contributed by atoms with Gasteiger partial charge in [0, 0.05) is 27.9 Å². The minimum atomic E-state index is -2.17. The zero-order chi connectivity index (χ0) is 19.8. The summed E-state index contributed by atoms with van der Waals surface area (Å²) in [6, 6.07) is 9.13. The molecule has 0 saturated carbocycles. The fourth-order valence-electron chi connectivity index (χ4n) is 4.48. The van der Waals surface area contributed by atoms with Gasteiger partial charge >= 0.3 is 5.54 Å². The largest absolute Gasteiger partial charge is 0.340 e. The molecule has 2 aliphatic rings. The Hall–Kier alpha value is -2.94. The van der Waals surface area contributed by atoms with E-state index in [0.29, 0.717) is 11.4 Å². The average molecular weight is 374 g/mol. The van der Waals surface area contributed by atoms with Crippen molar-refractivity contribution in [1.82, 2.24) is 0 Å². The molecule has 3 rings (SSSR count). The second-order valence-electron chi connectivity index (χ2n) is 7.35. The summed E-state index contributed by atoms with van der Waals surface area (Å²) in [5, 5.41) is 24.1. The van der Waals surface area contributed by atoms with Gasteiger partial charge in [-0.25, -0.2) is 0 Å². The Bertz CT molecular complexity index is 839. The van der Waals surface area contributed by atoms with Crippen molar-refractivity contribution in [1.29, 1.82) is 0 Å². The molecule has 2 bridgehead atoms. The SMILES string of the molecule is CC(=O)C[C@H]1[C@]2([N+](=O)[O-])C[NH+](Cc3ccccc3)C[C@]1([N+](=O)[O-])C=CC2=O. The van der Waals surface area contributed by atoms with Crippen LogP contribution in [0.15, 0.2) is 42.5 Å². The van der Waals surface area contributed by atoms with Gasteiger partial charge in [-0.2, -0.15) is 0 Å². The molecule has 0 aromatic heterocycles. The smallest absolute Gasteiger partial charge is 0.319 e. The van der Waals surface area contributed by atoms with E-state index in [9.17, 15) is 29.8 Å². The van der Waals surface area contributed by atoms with Crippen molar-refractivity contribution in [3.8, 4) is 0 Å². The Balaban J connectivity index is 2.11. The summed E-state index contributed by atoms with van der Waals surface area (Å²) in [5.41, 5.74) is -3.13. The van der Waals surface area contributed by atoms with Crippen molar-refractivity contribution < 1.29 is 24.3 Å². The number of fused-ring (bicyclic) bond motifs is 2. The van der Waals surface area contributed by atoms with E-state index in [-0.39, 0.29) is 19.5 Å². The predicted octanol–water partition coefficient (Wildman–Crippen LogP) is -0.150. The third kappa shape index (κ3) is 2.93. The van der Waals surface area contributed by atoms with Crippen LogP contribution in [0.4, 0.5) is 0 Å². The van der Waals surface area contributed by atoms with Crippen LogP contribution >= 0.6 is 0 Å². The first kappa shape index (κ1) is 18.8. The van der Waals surface area contributed by atoms with Crippen molar-refractivity contribution in [2.45, 2.75) is 31.0 Å². The number of benzene rings is 1. The maximum atomic E-state index is 12.6. The molecule has 0 spiro atoms. The van der Waals surface area contributed by atoms with Gasteiger partial charge in [-0.1, -0.05) is 30.3 Å². The van der Waals surface area contributed by atoms with Crippen molar-refractivity contribution >= 4 is 11.6 Å². The van der Waals surface area contributed by atoms with Crippen molar-refractivity contribution in [3.63, 3.8) is 0 Å². The maximum Gasteiger partial charge on any atom is 0.340 e. The molecule has 1 saturated heterocycles. The Kier molecular flexibility index (Phi) is 4.64. The number of quaternary nitrogens is 1. The quantitative estimate of drug-likeness (QED) is 0.545. The van der Waals surface area contributed by atoms with Crippen LogP contribution in [0.1, 0.15) is 18.9 Å². The Morgan fingerprint density at radius 3 is 2.41 bits per heavy atom. The zero-order valence-corrected chi connectivity index (χ0v) is 14.8. The number of rotatable bonds is 6. The highest BCUT2D eigenvalue weighted by Crippen LogP contribution is 2.42. The molecule has 9 heteroatoms. The zero-order valence-electron chi connectivity index (χ0n) is 14.8. The average Bonchev–Trinajstić information content (AvgIpc) is 2.59.